The highest BCUT2D eigenvalue weighted by Gasteiger charge is 2.44. The molecule has 7 atom stereocenters. The van der Waals surface area contributed by atoms with E-state index in [0.29, 0.717) is 5.52 Å². The Balaban J connectivity index is 1.15. The highest BCUT2D eigenvalue weighted by atomic mass is 127. The number of anilines is 1. The summed E-state index contributed by atoms with van der Waals surface area (Å²) in [6.07, 6.45) is -1.38. The average molecular weight is 828 g/mol. The molecule has 2 saturated heterocycles. The Labute approximate surface area is 281 Å². The fourth-order valence-electron chi connectivity index (χ4n) is 4.92. The molecule has 4 aromatic rings. The van der Waals surface area contributed by atoms with Gasteiger partial charge in [0, 0.05) is 12.6 Å². The summed E-state index contributed by atoms with van der Waals surface area (Å²) >= 11 is 9.28. The van der Waals surface area contributed by atoms with E-state index in [4.69, 9.17) is 31.6 Å². The molecule has 3 N–H and O–H groups in total. The second-order valence-corrected chi connectivity index (χ2v) is 16.8. The van der Waals surface area contributed by atoms with E-state index in [9.17, 15) is 23.5 Å². The number of nitrogens with two attached hydrogens (primary N) is 1. The van der Waals surface area contributed by atoms with E-state index in [1.54, 1.807) is 12.1 Å². The molecule has 46 heavy (non-hydrogen) atoms. The number of carbonyl (C=O) groups is 1. The van der Waals surface area contributed by atoms with Crippen LogP contribution in [0.1, 0.15) is 25.3 Å². The van der Waals surface area contributed by atoms with Crippen LogP contribution < -0.4 is 16.9 Å². The van der Waals surface area contributed by atoms with E-state index < -0.39 is 74.5 Å². The van der Waals surface area contributed by atoms with Crippen molar-refractivity contribution in [2.45, 2.75) is 43.6 Å². The van der Waals surface area contributed by atoms with E-state index in [1.807, 2.05) is 0 Å². The first kappa shape index (κ1) is 33.7. The number of hydrogen-bond donors (Lipinski definition) is 4. The molecule has 6 rings (SSSR count). The molecule has 3 unspecified atom stereocenters. The van der Waals surface area contributed by atoms with E-state index >= 15 is 0 Å². The van der Waals surface area contributed by atoms with E-state index in [2.05, 4.69) is 49.4 Å². The number of imidazole rings is 1. The number of H-pyrrole nitrogens is 1. The van der Waals surface area contributed by atoms with Gasteiger partial charge in [-0.15, -0.1) is 0 Å². The summed E-state index contributed by atoms with van der Waals surface area (Å²) in [5.41, 5.74) is 5.18. The Hall–Kier alpha value is -2.24. The van der Waals surface area contributed by atoms with Gasteiger partial charge < -0.3 is 15.2 Å². The lowest BCUT2D eigenvalue weighted by atomic mass is 10.2. The molecule has 246 valence electrons. The first-order chi connectivity index (χ1) is 21.8. The predicted octanol–water partition coefficient (Wildman–Crippen LogP) is 2.51. The summed E-state index contributed by atoms with van der Waals surface area (Å²) in [6.45, 7) is -8.92. The van der Waals surface area contributed by atoms with Crippen LogP contribution in [-0.4, -0.2) is 71.4 Å². The molecule has 0 spiro atoms. The number of ketones is 1. The van der Waals surface area contributed by atoms with Gasteiger partial charge in [-0.05, 0) is 12.1 Å². The molecule has 0 aliphatic carbocycles. The largest absolute Gasteiger partial charge is 0.395 e. The first-order valence-electron chi connectivity index (χ1n) is 13.2. The van der Waals surface area contributed by atoms with Crippen LogP contribution in [0.4, 0.5) is 5.95 Å². The number of hydrogen-bond acceptors (Lipinski definition) is 16. The number of nitrogens with one attached hydrogen (secondary N) is 1. The van der Waals surface area contributed by atoms with Crippen LogP contribution in [0.25, 0.3) is 22.2 Å². The molecule has 6 heterocycles. The van der Waals surface area contributed by atoms with Crippen LogP contribution in [0.3, 0.4) is 0 Å². The van der Waals surface area contributed by atoms with Gasteiger partial charge in [0.1, 0.15) is 60.1 Å². The zero-order valence-electron chi connectivity index (χ0n) is 23.0. The molecule has 19 nitrogen and oxygen atoms in total. The van der Waals surface area contributed by atoms with Crippen LogP contribution in [-0.2, 0) is 39.8 Å². The van der Waals surface area contributed by atoms with Gasteiger partial charge in [-0.3, -0.25) is 42.1 Å². The van der Waals surface area contributed by atoms with Crippen molar-refractivity contribution in [1.29, 1.82) is 0 Å². The number of pyridine rings is 1. The van der Waals surface area contributed by atoms with Gasteiger partial charge in [-0.1, -0.05) is 24.5 Å². The van der Waals surface area contributed by atoms with Crippen molar-refractivity contribution in [1.82, 2.24) is 34.1 Å². The Bertz CT molecular complexity index is 2030. The topological polar surface area (TPSA) is 244 Å². The number of aromatic amines is 1. The summed E-state index contributed by atoms with van der Waals surface area (Å²) in [7, 11) is 0. The Morgan fingerprint density at radius 2 is 1.78 bits per heavy atom. The van der Waals surface area contributed by atoms with Crippen LogP contribution in [0.2, 0.25) is 0 Å². The molecular weight excluding hydrogens is 805 g/mol. The Kier molecular flexibility index (Phi) is 9.76. The number of aromatic nitrogens is 7. The third-order valence-electron chi connectivity index (χ3n) is 7.00. The van der Waals surface area contributed by atoms with Gasteiger partial charge >= 0.3 is 13.6 Å². The van der Waals surface area contributed by atoms with E-state index in [0.717, 1.165) is 0 Å². The third kappa shape index (κ3) is 7.11. The molecule has 0 bridgehead atoms. The quantitative estimate of drug-likeness (QED) is 0.0964. The summed E-state index contributed by atoms with van der Waals surface area (Å²) in [4.78, 5) is 56.7. The maximum Gasteiger partial charge on any atom is 0.395 e. The van der Waals surface area contributed by atoms with Crippen molar-refractivity contribution in [3.63, 3.8) is 0 Å². The Morgan fingerprint density at radius 1 is 1.02 bits per heavy atom. The maximum atomic E-state index is 13.4. The number of ether oxygens (including phenoxy) is 2. The summed E-state index contributed by atoms with van der Waals surface area (Å²) < 4.78 is 61.1. The molecule has 24 heteroatoms. The predicted molar refractivity (Wildman–Crippen MR) is 173 cm³/mol. The molecular formula is C22H23IN8O11P2S2. The number of Topliss-reactive ketones (excluding diaryl/α,β-unsaturated/α-hetero) is 1. The minimum atomic E-state index is -4.23. The molecule has 2 fully saturated rings. The fraction of sp³-hybridized carbons (Fsp3) is 0.409. The minimum absolute atomic E-state index is 0.00569. The van der Waals surface area contributed by atoms with Gasteiger partial charge in [-0.25, -0.2) is 26.9 Å². The van der Waals surface area contributed by atoms with Crippen LogP contribution in [0.15, 0.2) is 40.6 Å². The number of halogens is 1. The molecule has 0 aromatic carbocycles. The van der Waals surface area contributed by atoms with Crippen molar-refractivity contribution in [3.05, 3.63) is 51.7 Å². The molecule has 4 aromatic heterocycles. The number of fused-ring (bicyclic) bond motifs is 2. The van der Waals surface area contributed by atoms with E-state index in [1.165, 1.54) is 51.0 Å². The van der Waals surface area contributed by atoms with Crippen LogP contribution >= 0.6 is 61.1 Å². The SMILES string of the molecule is Nc1nc2c(ncn2[C@H]2CC(=O)C(COP(=O)(S)O[C@H]3C[C@H](n4cnc5cccnc5c4=O)O[C@@H]3COP(=O)(S)OI)O2)c(=O)[nH]1. The van der Waals surface area contributed by atoms with Crippen LogP contribution in [0, 0.1) is 0 Å². The number of nitrogen functional groups attached to an aromatic ring is 1. The highest BCUT2D eigenvalue weighted by Crippen LogP contribution is 2.58. The summed E-state index contributed by atoms with van der Waals surface area (Å²) in [5, 5.41) is 0. The van der Waals surface area contributed by atoms with Crippen molar-refractivity contribution in [2.24, 2.45) is 0 Å². The molecule has 0 amide bonds. The highest BCUT2D eigenvalue weighted by molar-refractivity contribution is 14.1. The monoisotopic (exact) mass is 828 g/mol. The van der Waals surface area contributed by atoms with Gasteiger partial charge in [0.15, 0.2) is 22.5 Å². The lowest BCUT2D eigenvalue weighted by Crippen LogP contribution is -2.29. The van der Waals surface area contributed by atoms with Gasteiger partial charge in [0.05, 0.1) is 31.5 Å². The molecule has 0 saturated carbocycles. The minimum Gasteiger partial charge on any atom is -0.369 e. The normalized spacial score (nSPS) is 26.1. The zero-order valence-corrected chi connectivity index (χ0v) is 28.8. The molecule has 2 aliphatic heterocycles. The van der Waals surface area contributed by atoms with Crippen molar-refractivity contribution in [3.8, 4) is 0 Å². The number of carbonyl (C=O) groups excluding carboxylic acids is 1. The number of rotatable bonds is 11. The summed E-state index contributed by atoms with van der Waals surface area (Å²) in [6, 6.07) is 3.26. The molecule has 2 aliphatic rings. The lowest BCUT2D eigenvalue weighted by molar-refractivity contribution is -0.124. The second kappa shape index (κ2) is 13.3. The van der Waals surface area contributed by atoms with Crippen molar-refractivity contribution in [2.75, 3.05) is 18.9 Å². The lowest BCUT2D eigenvalue weighted by Gasteiger charge is -2.23. The van der Waals surface area contributed by atoms with E-state index in [-0.39, 0.29) is 35.5 Å². The maximum absolute atomic E-state index is 13.4. The first-order valence-corrected chi connectivity index (χ1v) is 19.4. The number of thiol groups is 2. The van der Waals surface area contributed by atoms with Gasteiger partial charge in [-0.2, -0.15) is 4.98 Å². The second-order valence-electron chi connectivity index (χ2n) is 9.96. The zero-order chi connectivity index (χ0) is 32.8. The van der Waals surface area contributed by atoms with Gasteiger partial charge in [0.25, 0.3) is 11.1 Å². The standard InChI is InChI=1S/C22H23IN8O11P2S2/c23-42-44(36,46)38-7-14-12(5-16(40-14)31-8-26-10-2-1-3-25-17(10)21(31)34)41-43(35,45)37-6-13-11(32)4-15(39-13)30-9-27-18-19(30)28-22(24)29-20(18)33/h1-3,8-9,12-16H,4-7H2,(H,35,45)(H,36,46)(H3,24,28,29,33)/t12-,13?,14+,15+,16+,43?,44?/m0/s1. The average Bonchev–Trinajstić information content (AvgIpc) is 3.72. The fourth-order valence-corrected chi connectivity index (χ4v) is 7.35. The smallest absolute Gasteiger partial charge is 0.369 e. The third-order valence-corrected chi connectivity index (χ3v) is 12.4. The Morgan fingerprint density at radius 3 is 2.57 bits per heavy atom. The summed E-state index contributed by atoms with van der Waals surface area (Å²) in [5.74, 6) is -0.537. The number of nitrogens with zero attached hydrogens (tertiary/aromatic N) is 6. The van der Waals surface area contributed by atoms with Crippen molar-refractivity contribution >= 4 is 95.0 Å². The van der Waals surface area contributed by atoms with Crippen molar-refractivity contribution < 1.29 is 39.8 Å². The van der Waals surface area contributed by atoms with Gasteiger partial charge in [0.2, 0.25) is 5.95 Å². The van der Waals surface area contributed by atoms with Crippen LogP contribution in [0.5, 0.6) is 0 Å². The molecule has 0 radical (unpaired) electrons.